The van der Waals surface area contributed by atoms with Gasteiger partial charge in [0.2, 0.25) is 10.0 Å². The second-order valence-corrected chi connectivity index (χ2v) is 10.7. The molecule has 38 heavy (non-hydrogen) atoms. The highest BCUT2D eigenvalue weighted by atomic mass is 32.2. The highest BCUT2D eigenvalue weighted by molar-refractivity contribution is 7.89. The number of carbonyl (C=O) groups excluding carboxylic acids is 1. The van der Waals surface area contributed by atoms with Crippen LogP contribution in [0.2, 0.25) is 0 Å². The molecule has 4 rings (SSSR count). The first-order chi connectivity index (χ1) is 18.2. The monoisotopic (exact) mass is 531 g/mol. The second kappa shape index (κ2) is 11.5. The van der Waals surface area contributed by atoms with Crippen LogP contribution in [0.15, 0.2) is 72.2 Å². The number of carbonyl (C=O) groups is 1. The molecule has 9 nitrogen and oxygen atoms in total. The molecule has 1 aliphatic rings. The first kappa shape index (κ1) is 26.9. The third-order valence-corrected chi connectivity index (χ3v) is 7.11. The molecule has 0 saturated heterocycles. The summed E-state index contributed by atoms with van der Waals surface area (Å²) in [5.74, 6) is 0.0782. The van der Waals surface area contributed by atoms with Gasteiger partial charge in [-0.2, -0.15) is 5.26 Å². The third kappa shape index (κ3) is 6.02. The molecule has 1 aromatic carbocycles. The molecule has 10 heteroatoms. The van der Waals surface area contributed by atoms with E-state index < -0.39 is 15.9 Å². The van der Waals surface area contributed by atoms with E-state index in [1.807, 2.05) is 36.4 Å². The van der Waals surface area contributed by atoms with Gasteiger partial charge in [-0.25, -0.2) is 18.5 Å². The van der Waals surface area contributed by atoms with Crippen molar-refractivity contribution < 1.29 is 17.9 Å². The van der Waals surface area contributed by atoms with Gasteiger partial charge in [0, 0.05) is 30.3 Å². The van der Waals surface area contributed by atoms with E-state index in [4.69, 9.17) is 14.9 Å². The normalized spacial score (nSPS) is 18.4. The zero-order valence-corrected chi connectivity index (χ0v) is 22.1. The molecule has 0 atom stereocenters. The number of benzene rings is 1. The summed E-state index contributed by atoms with van der Waals surface area (Å²) in [6, 6.07) is 13.2. The van der Waals surface area contributed by atoms with Crippen molar-refractivity contribution in [1.82, 2.24) is 14.7 Å². The van der Waals surface area contributed by atoms with E-state index in [1.165, 1.54) is 0 Å². The Hall–Kier alpha value is -4.20. The Balaban J connectivity index is 1.78. The number of ether oxygens (including phenoxy) is 1. The largest absolute Gasteiger partial charge is 0.501 e. The van der Waals surface area contributed by atoms with E-state index in [1.54, 1.807) is 29.8 Å². The highest BCUT2D eigenvalue weighted by Crippen LogP contribution is 2.35. The van der Waals surface area contributed by atoms with Crippen molar-refractivity contribution in [3.05, 3.63) is 89.0 Å². The van der Waals surface area contributed by atoms with Crippen LogP contribution in [0.1, 0.15) is 47.8 Å². The van der Waals surface area contributed by atoms with Crippen molar-refractivity contribution >= 4 is 27.2 Å². The third-order valence-electron chi connectivity index (χ3n) is 6.34. The molecule has 0 aliphatic heterocycles. The molecule has 1 aliphatic carbocycles. The zero-order chi connectivity index (χ0) is 27.3. The number of amides is 1. The van der Waals surface area contributed by atoms with Crippen molar-refractivity contribution in [3.63, 3.8) is 0 Å². The standard InChI is InChI=1S/C28H29N5O4S/c1-19-7-3-4-8-21(37-2)11-12-22(19)23-9-5-6-10-24(23)27-25(18-29)33-15-13-20(17-26(33)32-27)28(34)31-14-16-38(30,35)36/h5-7,9-13,15,17H,3-4,8,14,16H2,1-2H3,(H,31,34)(H2,30,35,36)/b19-7+,21-11-,22-12+. The highest BCUT2D eigenvalue weighted by Gasteiger charge is 2.20. The van der Waals surface area contributed by atoms with Crippen molar-refractivity contribution in [3.8, 4) is 17.3 Å². The maximum atomic E-state index is 12.6. The molecule has 2 aromatic heterocycles. The topological polar surface area (TPSA) is 140 Å². The number of hydrogen-bond acceptors (Lipinski definition) is 6. The molecule has 0 spiro atoms. The lowest BCUT2D eigenvalue weighted by molar-refractivity contribution is 0.0956. The SMILES string of the molecule is CO\C1=C/C=C(c2ccccc2-c2nc3cc(C(=O)NCCS(N)(=O)=O)ccn3c2C#N)\C(C)=C\CCC1. The molecule has 0 saturated carbocycles. The maximum Gasteiger partial charge on any atom is 0.251 e. The van der Waals surface area contributed by atoms with Gasteiger partial charge in [0.05, 0.1) is 18.6 Å². The Kier molecular flexibility index (Phi) is 8.10. The quantitative estimate of drug-likeness (QED) is 0.473. The van der Waals surface area contributed by atoms with Crippen LogP contribution in [0.5, 0.6) is 0 Å². The summed E-state index contributed by atoms with van der Waals surface area (Å²) in [5.41, 5.74) is 5.39. The Morgan fingerprint density at radius 1 is 1.24 bits per heavy atom. The summed E-state index contributed by atoms with van der Waals surface area (Å²) >= 11 is 0. The Morgan fingerprint density at radius 3 is 2.71 bits per heavy atom. The van der Waals surface area contributed by atoms with E-state index in [0.717, 1.165) is 47.3 Å². The molecule has 3 N–H and O–H groups in total. The average molecular weight is 532 g/mol. The molecular formula is C28H29N5O4S. The number of aromatic nitrogens is 2. The van der Waals surface area contributed by atoms with Crippen LogP contribution in [0.25, 0.3) is 22.5 Å². The number of nitriles is 1. The van der Waals surface area contributed by atoms with Crippen LogP contribution in [-0.4, -0.2) is 43.1 Å². The van der Waals surface area contributed by atoms with Crippen LogP contribution >= 0.6 is 0 Å². The molecular weight excluding hydrogens is 502 g/mol. The number of pyridine rings is 1. The van der Waals surface area contributed by atoms with Crippen LogP contribution in [-0.2, 0) is 14.8 Å². The number of allylic oxidation sites excluding steroid dienone is 6. The predicted molar refractivity (Wildman–Crippen MR) is 146 cm³/mol. The lowest BCUT2D eigenvalue weighted by Crippen LogP contribution is -2.31. The smallest absolute Gasteiger partial charge is 0.251 e. The van der Waals surface area contributed by atoms with E-state index in [-0.39, 0.29) is 17.9 Å². The van der Waals surface area contributed by atoms with E-state index in [9.17, 15) is 18.5 Å². The van der Waals surface area contributed by atoms with Crippen molar-refractivity contribution in [2.24, 2.45) is 5.14 Å². The first-order valence-corrected chi connectivity index (χ1v) is 13.9. The number of hydrogen-bond donors (Lipinski definition) is 2. The molecule has 196 valence electrons. The van der Waals surface area contributed by atoms with Gasteiger partial charge in [-0.1, -0.05) is 36.4 Å². The number of rotatable bonds is 7. The fraction of sp³-hybridized carbons (Fsp3) is 0.250. The Morgan fingerprint density at radius 2 is 2.00 bits per heavy atom. The lowest BCUT2D eigenvalue weighted by Gasteiger charge is -2.13. The summed E-state index contributed by atoms with van der Waals surface area (Å²) in [6.07, 6.45) is 10.6. The number of fused-ring (bicyclic) bond motifs is 1. The second-order valence-electron chi connectivity index (χ2n) is 8.93. The molecule has 0 fully saturated rings. The summed E-state index contributed by atoms with van der Waals surface area (Å²) in [7, 11) is -2.01. The van der Waals surface area contributed by atoms with Crippen LogP contribution in [0.3, 0.4) is 0 Å². The number of primary sulfonamides is 1. The molecule has 0 unspecified atom stereocenters. The maximum absolute atomic E-state index is 12.6. The Bertz CT molecular complexity index is 1620. The van der Waals surface area contributed by atoms with Gasteiger partial charge in [-0.3, -0.25) is 9.20 Å². The van der Waals surface area contributed by atoms with Crippen molar-refractivity contribution in [1.29, 1.82) is 5.26 Å². The molecule has 0 radical (unpaired) electrons. The number of nitrogens with zero attached hydrogens (tertiary/aromatic N) is 3. The van der Waals surface area contributed by atoms with Gasteiger partial charge >= 0.3 is 0 Å². The van der Waals surface area contributed by atoms with Crippen LogP contribution < -0.4 is 10.5 Å². The first-order valence-electron chi connectivity index (χ1n) is 12.1. The number of imidazole rings is 1. The van der Waals surface area contributed by atoms with E-state index in [0.29, 0.717) is 17.0 Å². The van der Waals surface area contributed by atoms with Gasteiger partial charge in [-0.05, 0) is 54.7 Å². The Labute approximate surface area is 222 Å². The summed E-state index contributed by atoms with van der Waals surface area (Å²) in [6.45, 7) is 1.96. The minimum Gasteiger partial charge on any atom is -0.501 e. The van der Waals surface area contributed by atoms with E-state index in [2.05, 4.69) is 24.4 Å². The van der Waals surface area contributed by atoms with Gasteiger partial charge in [0.25, 0.3) is 5.91 Å². The fourth-order valence-corrected chi connectivity index (χ4v) is 4.77. The van der Waals surface area contributed by atoms with Crippen molar-refractivity contribution in [2.75, 3.05) is 19.4 Å². The molecule has 0 bridgehead atoms. The van der Waals surface area contributed by atoms with Crippen LogP contribution in [0.4, 0.5) is 0 Å². The molecule has 1 amide bonds. The number of nitrogens with two attached hydrogens (primary N) is 1. The zero-order valence-electron chi connectivity index (χ0n) is 21.3. The lowest BCUT2D eigenvalue weighted by atomic mass is 9.91. The molecule has 3 aromatic rings. The number of methoxy groups -OCH3 is 1. The number of nitrogens with one attached hydrogen (secondary N) is 1. The van der Waals surface area contributed by atoms with Gasteiger partial charge in [0.15, 0.2) is 5.69 Å². The summed E-state index contributed by atoms with van der Waals surface area (Å²) < 4.78 is 29.5. The van der Waals surface area contributed by atoms with Gasteiger partial charge < -0.3 is 10.1 Å². The summed E-state index contributed by atoms with van der Waals surface area (Å²) in [4.78, 5) is 17.3. The minimum absolute atomic E-state index is 0.111. The van der Waals surface area contributed by atoms with Crippen molar-refractivity contribution in [2.45, 2.75) is 26.2 Å². The van der Waals surface area contributed by atoms with E-state index >= 15 is 0 Å². The average Bonchev–Trinajstić information content (AvgIpc) is 3.30. The van der Waals surface area contributed by atoms with Gasteiger partial charge in [0.1, 0.15) is 17.4 Å². The minimum atomic E-state index is -3.69. The predicted octanol–water partition coefficient (Wildman–Crippen LogP) is 3.94. The summed E-state index contributed by atoms with van der Waals surface area (Å²) in [5, 5.41) is 17.6. The van der Waals surface area contributed by atoms with Gasteiger partial charge in [-0.15, -0.1) is 0 Å². The molecule has 2 heterocycles. The fourth-order valence-electron chi connectivity index (χ4n) is 4.38. The number of sulfonamides is 1. The van der Waals surface area contributed by atoms with Crippen LogP contribution in [0, 0.1) is 11.3 Å².